The molecule has 1 rings (SSSR count). The number of phenolic OH excluding ortho intramolecular Hbond substituents is 1. The molecule has 0 aliphatic rings. The fraction of sp³-hybridized carbons (Fsp3) is 0.500. The first-order valence-corrected chi connectivity index (χ1v) is 6.52. The number of phenols is 1. The number of unbranched alkanes of at least 4 members (excludes halogenated alkanes) is 2. The first kappa shape index (κ1) is 17.3. The monoisotopic (exact) mass is 308 g/mol. The number of ether oxygens (including phenoxy) is 1. The van der Waals surface area contributed by atoms with Crippen molar-refractivity contribution in [2.45, 2.75) is 44.9 Å². The lowest BCUT2D eigenvalue weighted by Crippen LogP contribution is -2.34. The van der Waals surface area contributed by atoms with Gasteiger partial charge in [0, 0.05) is 6.07 Å². The predicted octanol–water partition coefficient (Wildman–Crippen LogP) is 4.20. The van der Waals surface area contributed by atoms with Gasteiger partial charge in [-0.25, -0.2) is 9.18 Å². The van der Waals surface area contributed by atoms with Gasteiger partial charge in [0.25, 0.3) is 0 Å². The van der Waals surface area contributed by atoms with Gasteiger partial charge >= 0.3 is 12.1 Å². The molecule has 1 N–H and O–H groups in total. The van der Waals surface area contributed by atoms with Crippen LogP contribution in [0.3, 0.4) is 0 Å². The molecule has 21 heavy (non-hydrogen) atoms. The summed E-state index contributed by atoms with van der Waals surface area (Å²) in [4.78, 5) is 11.6. The molecule has 0 aliphatic carbocycles. The molecule has 1 aromatic rings. The van der Waals surface area contributed by atoms with Gasteiger partial charge in [-0.1, -0.05) is 19.8 Å². The Morgan fingerprint density at radius 3 is 2.52 bits per heavy atom. The lowest BCUT2D eigenvalue weighted by Gasteiger charge is -2.20. The number of rotatable bonds is 6. The highest BCUT2D eigenvalue weighted by Crippen LogP contribution is 2.28. The third-order valence-electron chi connectivity index (χ3n) is 2.86. The summed E-state index contributed by atoms with van der Waals surface area (Å²) < 4.78 is 56.1. The van der Waals surface area contributed by atoms with Crippen molar-refractivity contribution in [1.29, 1.82) is 0 Å². The van der Waals surface area contributed by atoms with E-state index in [-0.39, 0.29) is 12.8 Å². The molecule has 3 nitrogen and oxygen atoms in total. The van der Waals surface area contributed by atoms with E-state index in [1.807, 2.05) is 6.92 Å². The molecule has 7 heteroatoms. The SMILES string of the molecule is CCCCC[C@@H](OC(=O)c1ccc(O)cc1F)C(F)(F)F. The quantitative estimate of drug-likeness (QED) is 0.487. The third-order valence-corrected chi connectivity index (χ3v) is 2.86. The van der Waals surface area contributed by atoms with E-state index in [0.29, 0.717) is 12.5 Å². The van der Waals surface area contributed by atoms with Gasteiger partial charge in [0.15, 0.2) is 6.10 Å². The summed E-state index contributed by atoms with van der Waals surface area (Å²) in [6.45, 7) is 1.83. The highest BCUT2D eigenvalue weighted by Gasteiger charge is 2.42. The summed E-state index contributed by atoms with van der Waals surface area (Å²) in [6, 6.07) is 2.52. The second-order valence-electron chi connectivity index (χ2n) is 4.60. The first-order chi connectivity index (χ1) is 9.75. The molecular weight excluding hydrogens is 292 g/mol. The van der Waals surface area contributed by atoms with Gasteiger partial charge in [-0.2, -0.15) is 13.2 Å². The van der Waals surface area contributed by atoms with Crippen molar-refractivity contribution in [3.63, 3.8) is 0 Å². The maximum absolute atomic E-state index is 13.4. The van der Waals surface area contributed by atoms with E-state index < -0.39 is 35.4 Å². The molecule has 0 radical (unpaired) electrons. The molecule has 0 fully saturated rings. The van der Waals surface area contributed by atoms with Crippen molar-refractivity contribution in [3.8, 4) is 5.75 Å². The maximum Gasteiger partial charge on any atom is 0.425 e. The number of aromatic hydroxyl groups is 1. The van der Waals surface area contributed by atoms with E-state index in [1.54, 1.807) is 0 Å². The second-order valence-corrected chi connectivity index (χ2v) is 4.60. The Balaban J connectivity index is 2.80. The van der Waals surface area contributed by atoms with Gasteiger partial charge in [0.05, 0.1) is 5.56 Å². The molecule has 0 spiro atoms. The van der Waals surface area contributed by atoms with Crippen LogP contribution in [0.2, 0.25) is 0 Å². The molecule has 0 aromatic heterocycles. The maximum atomic E-state index is 13.4. The van der Waals surface area contributed by atoms with Crippen LogP contribution in [-0.4, -0.2) is 23.4 Å². The number of halogens is 4. The Hall–Kier alpha value is -1.79. The number of esters is 1. The molecule has 0 heterocycles. The van der Waals surface area contributed by atoms with Crippen LogP contribution in [0.4, 0.5) is 17.6 Å². The van der Waals surface area contributed by atoms with E-state index in [2.05, 4.69) is 4.74 Å². The van der Waals surface area contributed by atoms with Crippen molar-refractivity contribution in [3.05, 3.63) is 29.6 Å². The van der Waals surface area contributed by atoms with Gasteiger partial charge in [-0.05, 0) is 25.0 Å². The van der Waals surface area contributed by atoms with E-state index in [9.17, 15) is 22.4 Å². The molecule has 0 saturated carbocycles. The third kappa shape index (κ3) is 5.24. The number of hydrogen-bond acceptors (Lipinski definition) is 3. The van der Waals surface area contributed by atoms with E-state index in [4.69, 9.17) is 5.11 Å². The largest absolute Gasteiger partial charge is 0.508 e. The Morgan fingerprint density at radius 1 is 1.33 bits per heavy atom. The number of benzene rings is 1. The van der Waals surface area contributed by atoms with Gasteiger partial charge in [-0.15, -0.1) is 0 Å². The van der Waals surface area contributed by atoms with Crippen LogP contribution in [0.25, 0.3) is 0 Å². The summed E-state index contributed by atoms with van der Waals surface area (Å²) >= 11 is 0. The van der Waals surface area contributed by atoms with Crippen molar-refractivity contribution >= 4 is 5.97 Å². The van der Waals surface area contributed by atoms with Crippen LogP contribution in [-0.2, 0) is 4.74 Å². The van der Waals surface area contributed by atoms with Gasteiger partial charge in [0.2, 0.25) is 0 Å². The summed E-state index contributed by atoms with van der Waals surface area (Å²) in [5.41, 5.74) is -0.641. The van der Waals surface area contributed by atoms with Gasteiger partial charge in [-0.3, -0.25) is 0 Å². The fourth-order valence-corrected chi connectivity index (χ4v) is 1.73. The summed E-state index contributed by atoms with van der Waals surface area (Å²) in [5.74, 6) is -2.96. The Kier molecular flexibility index (Phi) is 5.99. The molecule has 0 aliphatic heterocycles. The lowest BCUT2D eigenvalue weighted by molar-refractivity contribution is -0.206. The highest BCUT2D eigenvalue weighted by molar-refractivity contribution is 5.90. The number of carbonyl (C=O) groups is 1. The van der Waals surface area contributed by atoms with Crippen LogP contribution in [0, 0.1) is 5.82 Å². The molecule has 1 atom stereocenters. The average Bonchev–Trinajstić information content (AvgIpc) is 2.36. The zero-order valence-corrected chi connectivity index (χ0v) is 11.4. The zero-order chi connectivity index (χ0) is 16.0. The first-order valence-electron chi connectivity index (χ1n) is 6.52. The van der Waals surface area contributed by atoms with Crippen molar-refractivity contribution < 1.29 is 32.2 Å². The number of hydrogen-bond donors (Lipinski definition) is 1. The highest BCUT2D eigenvalue weighted by atomic mass is 19.4. The topological polar surface area (TPSA) is 46.5 Å². The van der Waals surface area contributed by atoms with Crippen LogP contribution in [0.15, 0.2) is 18.2 Å². The molecule has 0 amide bonds. The van der Waals surface area contributed by atoms with E-state index in [1.165, 1.54) is 0 Å². The summed E-state index contributed by atoms with van der Waals surface area (Å²) in [5, 5.41) is 9.00. The van der Waals surface area contributed by atoms with E-state index in [0.717, 1.165) is 18.6 Å². The van der Waals surface area contributed by atoms with Crippen LogP contribution in [0.1, 0.15) is 43.0 Å². The lowest BCUT2D eigenvalue weighted by atomic mass is 10.1. The minimum Gasteiger partial charge on any atom is -0.508 e. The normalized spacial score (nSPS) is 13.0. The smallest absolute Gasteiger partial charge is 0.425 e. The summed E-state index contributed by atoms with van der Waals surface area (Å²) in [7, 11) is 0. The van der Waals surface area contributed by atoms with Crippen LogP contribution >= 0.6 is 0 Å². The van der Waals surface area contributed by atoms with Gasteiger partial charge in [0.1, 0.15) is 11.6 Å². The van der Waals surface area contributed by atoms with Crippen LogP contribution in [0.5, 0.6) is 5.75 Å². The Bertz CT molecular complexity index is 486. The number of alkyl halides is 3. The molecular formula is C14H16F4O3. The fourth-order valence-electron chi connectivity index (χ4n) is 1.73. The van der Waals surface area contributed by atoms with Crippen molar-refractivity contribution in [1.82, 2.24) is 0 Å². The molecule has 0 bridgehead atoms. The summed E-state index contributed by atoms with van der Waals surface area (Å²) in [6.07, 6.45) is -5.75. The molecule has 0 unspecified atom stereocenters. The minimum absolute atomic E-state index is 0.256. The molecule has 1 aromatic carbocycles. The minimum atomic E-state index is -4.70. The van der Waals surface area contributed by atoms with E-state index >= 15 is 0 Å². The standard InChI is InChI=1S/C14H16F4O3/c1-2-3-4-5-12(14(16,17)18)21-13(20)10-7-6-9(19)8-11(10)15/h6-8,12,19H,2-5H2,1H3/t12-/m1/s1. The average molecular weight is 308 g/mol. The van der Waals surface area contributed by atoms with Gasteiger partial charge < -0.3 is 9.84 Å². The molecule has 118 valence electrons. The Morgan fingerprint density at radius 2 is 2.00 bits per heavy atom. The zero-order valence-electron chi connectivity index (χ0n) is 11.4. The van der Waals surface area contributed by atoms with Crippen LogP contribution < -0.4 is 0 Å². The predicted molar refractivity (Wildman–Crippen MR) is 67.5 cm³/mol. The molecule has 0 saturated heterocycles. The van der Waals surface area contributed by atoms with Crippen molar-refractivity contribution in [2.24, 2.45) is 0 Å². The number of carbonyl (C=O) groups excluding carboxylic acids is 1. The van der Waals surface area contributed by atoms with Crippen molar-refractivity contribution in [2.75, 3.05) is 0 Å². The Labute approximate surface area is 119 Å². The second kappa shape index (κ2) is 7.28.